The molecule has 1 heterocycles. The standard InChI is InChI=1S/C21H31N3O3/c1-3-22-20(24-13-7-9-17(14-24)19(25)27-4-2)23-15-21(26)12-11-16-8-5-6-10-18(16)21/h5-6,8,10,17,26H,3-4,7,9,11-15H2,1-2H3,(H,22,23). The molecular formula is C21H31N3O3. The van der Waals surface area contributed by atoms with Crippen molar-refractivity contribution in [1.82, 2.24) is 10.2 Å². The average Bonchev–Trinajstić information content (AvgIpc) is 3.03. The van der Waals surface area contributed by atoms with Crippen molar-refractivity contribution in [3.63, 3.8) is 0 Å². The zero-order valence-electron chi connectivity index (χ0n) is 16.4. The highest BCUT2D eigenvalue weighted by atomic mass is 16.5. The van der Waals surface area contributed by atoms with Crippen LogP contribution in [0, 0.1) is 5.92 Å². The first-order valence-electron chi connectivity index (χ1n) is 10.1. The van der Waals surface area contributed by atoms with Crippen LogP contribution in [0.15, 0.2) is 29.3 Å². The number of carbonyl (C=O) groups excluding carboxylic acids is 1. The van der Waals surface area contributed by atoms with Gasteiger partial charge in [0.1, 0.15) is 5.60 Å². The number of esters is 1. The number of guanidine groups is 1. The Morgan fingerprint density at radius 3 is 3.00 bits per heavy atom. The van der Waals surface area contributed by atoms with Gasteiger partial charge in [-0.3, -0.25) is 4.79 Å². The average molecular weight is 373 g/mol. The molecule has 1 fully saturated rings. The highest BCUT2D eigenvalue weighted by Crippen LogP contribution is 2.37. The maximum atomic E-state index is 12.1. The molecule has 6 nitrogen and oxygen atoms in total. The van der Waals surface area contributed by atoms with Gasteiger partial charge in [0.25, 0.3) is 0 Å². The Hall–Kier alpha value is -2.08. The predicted molar refractivity (Wildman–Crippen MR) is 106 cm³/mol. The lowest BCUT2D eigenvalue weighted by molar-refractivity contribution is -0.149. The summed E-state index contributed by atoms with van der Waals surface area (Å²) in [6, 6.07) is 8.07. The van der Waals surface area contributed by atoms with Crippen LogP contribution in [0.4, 0.5) is 0 Å². The molecule has 1 aromatic rings. The molecule has 2 aliphatic rings. The molecule has 0 bridgehead atoms. The summed E-state index contributed by atoms with van der Waals surface area (Å²) in [4.78, 5) is 19.0. The van der Waals surface area contributed by atoms with Gasteiger partial charge in [-0.25, -0.2) is 4.99 Å². The van der Waals surface area contributed by atoms with Crippen molar-refractivity contribution in [3.8, 4) is 0 Å². The summed E-state index contributed by atoms with van der Waals surface area (Å²) in [5.74, 6) is 0.531. The van der Waals surface area contributed by atoms with Crippen molar-refractivity contribution < 1.29 is 14.6 Å². The molecule has 27 heavy (non-hydrogen) atoms. The molecule has 0 radical (unpaired) electrons. The minimum Gasteiger partial charge on any atom is -0.466 e. The van der Waals surface area contributed by atoms with Crippen LogP contribution >= 0.6 is 0 Å². The minimum atomic E-state index is -0.909. The Kier molecular flexibility index (Phi) is 6.37. The largest absolute Gasteiger partial charge is 0.466 e. The van der Waals surface area contributed by atoms with Crippen LogP contribution in [0.5, 0.6) is 0 Å². The van der Waals surface area contributed by atoms with E-state index in [1.54, 1.807) is 0 Å². The van der Waals surface area contributed by atoms with E-state index in [0.29, 0.717) is 26.1 Å². The van der Waals surface area contributed by atoms with E-state index in [9.17, 15) is 9.90 Å². The lowest BCUT2D eigenvalue weighted by Crippen LogP contribution is -2.48. The fourth-order valence-corrected chi connectivity index (χ4v) is 4.09. The molecule has 0 amide bonds. The summed E-state index contributed by atoms with van der Waals surface area (Å²) in [7, 11) is 0. The number of piperidine rings is 1. The molecule has 1 aliphatic heterocycles. The van der Waals surface area contributed by atoms with Gasteiger partial charge in [0.15, 0.2) is 5.96 Å². The number of hydrogen-bond donors (Lipinski definition) is 2. The zero-order valence-corrected chi connectivity index (χ0v) is 16.4. The summed E-state index contributed by atoms with van der Waals surface area (Å²) < 4.78 is 5.20. The van der Waals surface area contributed by atoms with Gasteiger partial charge >= 0.3 is 5.97 Å². The van der Waals surface area contributed by atoms with Gasteiger partial charge in [-0.15, -0.1) is 0 Å². The second kappa shape index (κ2) is 8.74. The highest BCUT2D eigenvalue weighted by molar-refractivity contribution is 5.81. The Bertz CT molecular complexity index is 691. The minimum absolute atomic E-state index is 0.113. The van der Waals surface area contributed by atoms with E-state index in [-0.39, 0.29) is 11.9 Å². The predicted octanol–water partition coefficient (Wildman–Crippen LogP) is 2.06. The van der Waals surface area contributed by atoms with Gasteiger partial charge < -0.3 is 20.1 Å². The molecule has 1 aromatic carbocycles. The number of likely N-dealkylation sites (tertiary alicyclic amines) is 1. The van der Waals surface area contributed by atoms with Gasteiger partial charge in [0.05, 0.1) is 19.1 Å². The van der Waals surface area contributed by atoms with Crippen molar-refractivity contribution in [2.24, 2.45) is 10.9 Å². The van der Waals surface area contributed by atoms with Crippen molar-refractivity contribution in [1.29, 1.82) is 0 Å². The lowest BCUT2D eigenvalue weighted by atomic mass is 9.96. The molecule has 2 N–H and O–H groups in total. The van der Waals surface area contributed by atoms with Crippen LogP contribution in [0.25, 0.3) is 0 Å². The van der Waals surface area contributed by atoms with E-state index in [2.05, 4.69) is 16.3 Å². The number of hydrogen-bond acceptors (Lipinski definition) is 4. The molecule has 0 saturated carbocycles. The quantitative estimate of drug-likeness (QED) is 0.470. The first-order chi connectivity index (χ1) is 13.1. The highest BCUT2D eigenvalue weighted by Gasteiger charge is 2.36. The second-order valence-electron chi connectivity index (χ2n) is 7.40. The number of aryl methyl sites for hydroxylation is 1. The molecule has 0 spiro atoms. The number of nitrogens with one attached hydrogen (secondary N) is 1. The SMILES string of the molecule is CCNC(=NCC1(O)CCc2ccccc21)N1CCCC(C(=O)OCC)C1. The lowest BCUT2D eigenvalue weighted by Gasteiger charge is -2.34. The number of aliphatic imine (C=N–C) groups is 1. The van der Waals surface area contributed by atoms with E-state index >= 15 is 0 Å². The number of nitrogens with zero attached hydrogens (tertiary/aromatic N) is 2. The number of carbonyl (C=O) groups is 1. The smallest absolute Gasteiger partial charge is 0.310 e. The third kappa shape index (κ3) is 4.43. The van der Waals surface area contributed by atoms with Crippen LogP contribution in [0.1, 0.15) is 44.2 Å². The number of benzene rings is 1. The van der Waals surface area contributed by atoms with Crippen LogP contribution < -0.4 is 5.32 Å². The molecule has 3 rings (SSSR count). The molecule has 148 valence electrons. The Labute approximate surface area is 161 Å². The van der Waals surface area contributed by atoms with E-state index in [1.165, 1.54) is 5.56 Å². The van der Waals surface area contributed by atoms with Crippen molar-refractivity contribution >= 4 is 11.9 Å². The van der Waals surface area contributed by atoms with Crippen LogP contribution in [0.3, 0.4) is 0 Å². The summed E-state index contributed by atoms with van der Waals surface area (Å²) in [6.07, 6.45) is 3.36. The molecule has 6 heteroatoms. The van der Waals surface area contributed by atoms with E-state index in [4.69, 9.17) is 9.73 Å². The van der Waals surface area contributed by atoms with Gasteiger partial charge in [-0.2, -0.15) is 0 Å². The van der Waals surface area contributed by atoms with Crippen molar-refractivity contribution in [2.45, 2.75) is 45.1 Å². The van der Waals surface area contributed by atoms with Gasteiger partial charge in [0.2, 0.25) is 0 Å². The van der Waals surface area contributed by atoms with Crippen LogP contribution in [0.2, 0.25) is 0 Å². The molecule has 1 aliphatic carbocycles. The Balaban J connectivity index is 1.72. The summed E-state index contributed by atoms with van der Waals surface area (Å²) in [6.45, 7) is 6.82. The van der Waals surface area contributed by atoms with Crippen LogP contribution in [-0.2, 0) is 21.6 Å². The number of ether oxygens (including phenoxy) is 1. The number of rotatable bonds is 5. The maximum absolute atomic E-state index is 12.1. The molecule has 2 unspecified atom stereocenters. The van der Waals surface area contributed by atoms with Gasteiger partial charge in [-0.05, 0) is 50.7 Å². The van der Waals surface area contributed by atoms with E-state index < -0.39 is 5.60 Å². The third-order valence-electron chi connectivity index (χ3n) is 5.49. The fourth-order valence-electron chi connectivity index (χ4n) is 4.09. The normalized spacial score (nSPS) is 25.2. The summed E-state index contributed by atoms with van der Waals surface area (Å²) in [5, 5.41) is 14.5. The first kappa shape index (κ1) is 19.7. The first-order valence-corrected chi connectivity index (χ1v) is 10.1. The monoisotopic (exact) mass is 373 g/mol. The molecular weight excluding hydrogens is 342 g/mol. The maximum Gasteiger partial charge on any atom is 0.310 e. The van der Waals surface area contributed by atoms with E-state index in [1.807, 2.05) is 32.0 Å². The van der Waals surface area contributed by atoms with Crippen molar-refractivity contribution in [3.05, 3.63) is 35.4 Å². The van der Waals surface area contributed by atoms with Gasteiger partial charge in [-0.1, -0.05) is 24.3 Å². The number of fused-ring (bicyclic) bond motifs is 1. The van der Waals surface area contributed by atoms with E-state index in [0.717, 1.165) is 43.9 Å². The zero-order chi connectivity index (χ0) is 19.3. The van der Waals surface area contributed by atoms with Gasteiger partial charge in [0, 0.05) is 19.6 Å². The second-order valence-corrected chi connectivity index (χ2v) is 7.40. The summed E-state index contributed by atoms with van der Waals surface area (Å²) in [5.41, 5.74) is 1.29. The summed E-state index contributed by atoms with van der Waals surface area (Å²) >= 11 is 0. The Morgan fingerprint density at radius 2 is 2.22 bits per heavy atom. The fraction of sp³-hybridized carbons (Fsp3) is 0.619. The Morgan fingerprint density at radius 1 is 1.41 bits per heavy atom. The topological polar surface area (TPSA) is 74.2 Å². The van der Waals surface area contributed by atoms with Crippen molar-refractivity contribution in [2.75, 3.05) is 32.8 Å². The molecule has 0 aromatic heterocycles. The third-order valence-corrected chi connectivity index (χ3v) is 5.49. The molecule has 2 atom stereocenters. The number of aliphatic hydroxyl groups is 1. The molecule has 1 saturated heterocycles. The van der Waals surface area contributed by atoms with Crippen LogP contribution in [-0.4, -0.2) is 54.7 Å².